The Balaban J connectivity index is 2.26. The maximum Gasteiger partial charge on any atom is 0.144 e. The van der Waals surface area contributed by atoms with Crippen molar-refractivity contribution in [3.05, 3.63) is 36.7 Å². The van der Waals surface area contributed by atoms with Crippen LogP contribution in [0.1, 0.15) is 13.3 Å². The van der Waals surface area contributed by atoms with Crippen LogP contribution in [0.2, 0.25) is 0 Å². The average molecular weight is 283 g/mol. The molecule has 0 saturated carbocycles. The lowest BCUT2D eigenvalue weighted by Gasteiger charge is -2.08. The van der Waals surface area contributed by atoms with Gasteiger partial charge >= 0.3 is 0 Å². The van der Waals surface area contributed by atoms with E-state index in [0.29, 0.717) is 5.56 Å². The van der Waals surface area contributed by atoms with Crippen molar-refractivity contribution in [1.29, 1.82) is 0 Å². The van der Waals surface area contributed by atoms with Gasteiger partial charge in [0.05, 0.1) is 29.9 Å². The molecule has 0 unspecified atom stereocenters. The van der Waals surface area contributed by atoms with Crippen molar-refractivity contribution in [1.82, 2.24) is 14.5 Å². The van der Waals surface area contributed by atoms with E-state index in [1.54, 1.807) is 19.4 Å². The first-order chi connectivity index (χ1) is 10.2. The van der Waals surface area contributed by atoms with Crippen LogP contribution in [0.4, 0.5) is 0 Å². The molecule has 0 amide bonds. The molecule has 2 heterocycles. The van der Waals surface area contributed by atoms with Crippen LogP contribution in [-0.4, -0.2) is 26.8 Å². The molecule has 0 atom stereocenters. The second-order valence-corrected chi connectivity index (χ2v) is 4.83. The highest BCUT2D eigenvalue weighted by Gasteiger charge is 2.15. The van der Waals surface area contributed by atoms with E-state index in [0.717, 1.165) is 35.6 Å². The Morgan fingerprint density at radius 3 is 2.86 bits per heavy atom. The maximum atomic E-state index is 10.0. The van der Waals surface area contributed by atoms with E-state index >= 15 is 0 Å². The van der Waals surface area contributed by atoms with Gasteiger partial charge in [0.1, 0.15) is 17.3 Å². The first-order valence-corrected chi connectivity index (χ1v) is 6.92. The lowest BCUT2D eigenvalue weighted by molar-refractivity contribution is 0.415. The predicted molar refractivity (Wildman–Crippen MR) is 81.5 cm³/mol. The van der Waals surface area contributed by atoms with Gasteiger partial charge < -0.3 is 14.4 Å². The zero-order chi connectivity index (χ0) is 14.8. The highest BCUT2D eigenvalue weighted by Crippen LogP contribution is 2.31. The monoisotopic (exact) mass is 283 g/mol. The van der Waals surface area contributed by atoms with Crippen LogP contribution in [0, 0.1) is 0 Å². The summed E-state index contributed by atoms with van der Waals surface area (Å²) in [5.74, 6) is 1.66. The SMILES string of the molecule is CCCn1c(-c2ccncc2O)nc2cc(OC)ccc21. The quantitative estimate of drug-likeness (QED) is 0.798. The number of imidazole rings is 1. The second kappa shape index (κ2) is 5.44. The second-order valence-electron chi connectivity index (χ2n) is 4.83. The Hall–Kier alpha value is -2.56. The number of ether oxygens (including phenoxy) is 1. The molecule has 1 N–H and O–H groups in total. The molecule has 108 valence electrons. The molecule has 0 aliphatic rings. The lowest BCUT2D eigenvalue weighted by Crippen LogP contribution is -2.00. The van der Waals surface area contributed by atoms with E-state index < -0.39 is 0 Å². The highest BCUT2D eigenvalue weighted by molar-refractivity contribution is 5.83. The van der Waals surface area contributed by atoms with Crippen LogP contribution >= 0.6 is 0 Å². The van der Waals surface area contributed by atoms with Crippen LogP contribution in [0.3, 0.4) is 0 Å². The van der Waals surface area contributed by atoms with Gasteiger partial charge in [-0.3, -0.25) is 4.98 Å². The maximum absolute atomic E-state index is 10.0. The molecule has 3 aromatic rings. The summed E-state index contributed by atoms with van der Waals surface area (Å²) >= 11 is 0. The minimum absolute atomic E-state index is 0.136. The molecule has 3 rings (SSSR count). The predicted octanol–water partition coefficient (Wildman–Crippen LogP) is 3.22. The molecule has 0 spiro atoms. The van der Waals surface area contributed by atoms with Gasteiger partial charge in [0.2, 0.25) is 0 Å². The number of nitrogens with zero attached hydrogens (tertiary/aromatic N) is 3. The van der Waals surface area contributed by atoms with E-state index in [-0.39, 0.29) is 5.75 Å². The van der Waals surface area contributed by atoms with Gasteiger partial charge in [0.25, 0.3) is 0 Å². The van der Waals surface area contributed by atoms with Crippen molar-refractivity contribution in [2.75, 3.05) is 7.11 Å². The molecule has 0 bridgehead atoms. The molecule has 0 radical (unpaired) electrons. The van der Waals surface area contributed by atoms with Gasteiger partial charge in [-0.25, -0.2) is 4.98 Å². The number of aromatic nitrogens is 3. The summed E-state index contributed by atoms with van der Waals surface area (Å²) in [6.07, 6.45) is 4.08. The summed E-state index contributed by atoms with van der Waals surface area (Å²) in [5, 5.41) is 10.0. The van der Waals surface area contributed by atoms with Crippen molar-refractivity contribution >= 4 is 11.0 Å². The molecule has 0 aliphatic heterocycles. The van der Waals surface area contributed by atoms with Gasteiger partial charge in [-0.05, 0) is 24.6 Å². The minimum atomic E-state index is 0.136. The third-order valence-electron chi connectivity index (χ3n) is 3.44. The summed E-state index contributed by atoms with van der Waals surface area (Å²) in [5.41, 5.74) is 2.58. The Kier molecular flexibility index (Phi) is 3.48. The van der Waals surface area contributed by atoms with Gasteiger partial charge in [-0.15, -0.1) is 0 Å². The fraction of sp³-hybridized carbons (Fsp3) is 0.250. The zero-order valence-corrected chi connectivity index (χ0v) is 12.1. The molecule has 2 aromatic heterocycles. The Labute approximate surface area is 122 Å². The third kappa shape index (κ3) is 2.31. The Morgan fingerprint density at radius 2 is 2.14 bits per heavy atom. The largest absolute Gasteiger partial charge is 0.506 e. The van der Waals surface area contributed by atoms with E-state index in [4.69, 9.17) is 4.74 Å². The van der Waals surface area contributed by atoms with Crippen LogP contribution in [0.5, 0.6) is 11.5 Å². The Morgan fingerprint density at radius 1 is 1.29 bits per heavy atom. The van der Waals surface area contributed by atoms with Gasteiger partial charge in [-0.1, -0.05) is 6.92 Å². The van der Waals surface area contributed by atoms with Crippen LogP contribution < -0.4 is 4.74 Å². The summed E-state index contributed by atoms with van der Waals surface area (Å²) in [4.78, 5) is 8.59. The molecule has 21 heavy (non-hydrogen) atoms. The van der Waals surface area contributed by atoms with Gasteiger partial charge in [-0.2, -0.15) is 0 Å². The molecule has 0 saturated heterocycles. The number of methoxy groups -OCH3 is 1. The summed E-state index contributed by atoms with van der Waals surface area (Å²) in [6.45, 7) is 2.95. The molecule has 5 nitrogen and oxygen atoms in total. The Bertz CT molecular complexity index is 780. The number of rotatable bonds is 4. The van der Waals surface area contributed by atoms with Gasteiger partial charge in [0.15, 0.2) is 0 Å². The van der Waals surface area contributed by atoms with Crippen molar-refractivity contribution in [3.8, 4) is 22.9 Å². The molecular weight excluding hydrogens is 266 g/mol. The van der Waals surface area contributed by atoms with E-state index in [9.17, 15) is 5.11 Å². The molecular formula is C16H17N3O2. The average Bonchev–Trinajstić information content (AvgIpc) is 2.86. The van der Waals surface area contributed by atoms with E-state index in [1.807, 2.05) is 18.2 Å². The van der Waals surface area contributed by atoms with Crippen LogP contribution in [-0.2, 0) is 6.54 Å². The first kappa shape index (κ1) is 13.4. The number of benzene rings is 1. The first-order valence-electron chi connectivity index (χ1n) is 6.92. The highest BCUT2D eigenvalue weighted by atomic mass is 16.5. The number of pyridine rings is 1. The fourth-order valence-corrected chi connectivity index (χ4v) is 2.47. The van der Waals surface area contributed by atoms with Crippen LogP contribution in [0.25, 0.3) is 22.4 Å². The van der Waals surface area contributed by atoms with Crippen molar-refractivity contribution in [2.24, 2.45) is 0 Å². The lowest BCUT2D eigenvalue weighted by atomic mass is 10.2. The number of hydrogen-bond acceptors (Lipinski definition) is 4. The normalized spacial score (nSPS) is 11.0. The third-order valence-corrected chi connectivity index (χ3v) is 3.44. The van der Waals surface area contributed by atoms with Crippen molar-refractivity contribution in [2.45, 2.75) is 19.9 Å². The summed E-state index contributed by atoms with van der Waals surface area (Å²) < 4.78 is 7.37. The smallest absolute Gasteiger partial charge is 0.144 e. The standard InChI is InChI=1S/C16H17N3O2/c1-3-8-19-14-5-4-11(21-2)9-13(14)18-16(19)12-6-7-17-10-15(12)20/h4-7,9-10,20H,3,8H2,1-2H3. The number of fused-ring (bicyclic) bond motifs is 1. The molecule has 5 heteroatoms. The van der Waals surface area contributed by atoms with E-state index in [1.165, 1.54) is 6.20 Å². The zero-order valence-electron chi connectivity index (χ0n) is 12.1. The van der Waals surface area contributed by atoms with E-state index in [2.05, 4.69) is 21.5 Å². The number of aryl methyl sites for hydroxylation is 1. The van der Waals surface area contributed by atoms with Crippen LogP contribution in [0.15, 0.2) is 36.7 Å². The minimum Gasteiger partial charge on any atom is -0.506 e. The number of hydrogen-bond donors (Lipinski definition) is 1. The summed E-state index contributed by atoms with van der Waals surface area (Å²) in [6, 6.07) is 7.61. The topological polar surface area (TPSA) is 60.2 Å². The fourth-order valence-electron chi connectivity index (χ4n) is 2.47. The molecule has 0 aliphatic carbocycles. The molecule has 0 fully saturated rings. The number of aromatic hydroxyl groups is 1. The summed E-state index contributed by atoms with van der Waals surface area (Å²) in [7, 11) is 1.64. The van der Waals surface area contributed by atoms with Crippen molar-refractivity contribution < 1.29 is 9.84 Å². The van der Waals surface area contributed by atoms with Gasteiger partial charge in [0, 0.05) is 18.8 Å². The molecule has 1 aromatic carbocycles. The van der Waals surface area contributed by atoms with Crippen molar-refractivity contribution in [3.63, 3.8) is 0 Å².